The summed E-state index contributed by atoms with van der Waals surface area (Å²) in [6.45, 7) is 2.44. The number of nitrogens with zero attached hydrogens (tertiary/aromatic N) is 2. The van der Waals surface area contributed by atoms with E-state index in [0.717, 1.165) is 28.0 Å². The molecular weight excluding hydrogens is 318 g/mol. The van der Waals surface area contributed by atoms with Crippen molar-refractivity contribution >= 4 is 21.7 Å². The lowest BCUT2D eigenvalue weighted by molar-refractivity contribution is 0.416. The van der Waals surface area contributed by atoms with Gasteiger partial charge in [0, 0.05) is 16.5 Å². The van der Waals surface area contributed by atoms with Crippen LogP contribution in [0.15, 0.2) is 22.7 Å². The number of ether oxygens (including phenoxy) is 1. The van der Waals surface area contributed by atoms with Gasteiger partial charge in [-0.1, -0.05) is 28.8 Å². The number of benzene rings is 1. The highest BCUT2D eigenvalue weighted by Crippen LogP contribution is 2.35. The fraction of sp³-hybridized carbons (Fsp3) is 0.267. The van der Waals surface area contributed by atoms with Crippen molar-refractivity contribution in [2.45, 2.75) is 19.9 Å². The van der Waals surface area contributed by atoms with Gasteiger partial charge < -0.3 is 15.0 Å². The normalized spacial score (nSPS) is 10.3. The van der Waals surface area contributed by atoms with Crippen LogP contribution in [0, 0.1) is 12.3 Å². The molecule has 0 radical (unpaired) electrons. The van der Waals surface area contributed by atoms with Crippen LogP contribution in [0.3, 0.4) is 0 Å². The Morgan fingerprint density at radius 1 is 1.50 bits per heavy atom. The zero-order chi connectivity index (χ0) is 14.7. The van der Waals surface area contributed by atoms with Gasteiger partial charge >= 0.3 is 0 Å². The minimum atomic E-state index is 0.415. The van der Waals surface area contributed by atoms with Crippen LogP contribution in [0.4, 0.5) is 5.82 Å². The molecular formula is C15H16BrN3O. The molecule has 2 N–H and O–H groups in total. The quantitative estimate of drug-likeness (QED) is 0.874. The highest BCUT2D eigenvalue weighted by atomic mass is 79.9. The first kappa shape index (κ1) is 14.5. The molecule has 0 saturated heterocycles. The minimum Gasteiger partial charge on any atom is -0.496 e. The van der Waals surface area contributed by atoms with Crippen molar-refractivity contribution in [2.75, 3.05) is 12.8 Å². The van der Waals surface area contributed by atoms with E-state index < -0.39 is 0 Å². The summed E-state index contributed by atoms with van der Waals surface area (Å²) < 4.78 is 8.19. The zero-order valence-electron chi connectivity index (χ0n) is 11.5. The number of nitrogen functional groups attached to an aromatic ring is 1. The summed E-state index contributed by atoms with van der Waals surface area (Å²) in [5.41, 5.74) is 7.76. The predicted octanol–water partition coefficient (Wildman–Crippen LogP) is 3.10. The van der Waals surface area contributed by atoms with Gasteiger partial charge in [0.15, 0.2) is 0 Å². The molecule has 0 fully saturated rings. The Hall–Kier alpha value is -1.93. The van der Waals surface area contributed by atoms with Crippen molar-refractivity contribution in [3.63, 3.8) is 0 Å². The van der Waals surface area contributed by atoms with E-state index in [1.165, 1.54) is 0 Å². The third kappa shape index (κ3) is 2.52. The van der Waals surface area contributed by atoms with E-state index in [2.05, 4.69) is 26.8 Å². The Labute approximate surface area is 127 Å². The Bertz CT molecular complexity index is 670. The van der Waals surface area contributed by atoms with E-state index in [0.29, 0.717) is 18.1 Å². The van der Waals surface area contributed by atoms with Crippen LogP contribution in [-0.2, 0) is 13.0 Å². The largest absolute Gasteiger partial charge is 0.496 e. The Kier molecular flexibility index (Phi) is 4.35. The molecule has 1 aromatic heterocycles. The first-order valence-electron chi connectivity index (χ1n) is 6.24. The van der Waals surface area contributed by atoms with Crippen molar-refractivity contribution in [1.82, 2.24) is 9.55 Å². The van der Waals surface area contributed by atoms with Gasteiger partial charge in [0.25, 0.3) is 0 Å². The van der Waals surface area contributed by atoms with Gasteiger partial charge in [0.05, 0.1) is 13.7 Å². The molecule has 0 amide bonds. The standard InChI is InChI=1S/C15H16BrN3O/c1-4-8-19-13(5-2)18-14(15(19)17)11-9-10(16)6-7-12(11)20-3/h1,6-7,9H,5,8,17H2,2-3H3. The van der Waals surface area contributed by atoms with Gasteiger partial charge in [0.2, 0.25) is 0 Å². The van der Waals surface area contributed by atoms with Crippen LogP contribution in [-0.4, -0.2) is 16.7 Å². The number of nitrogens with two attached hydrogens (primary N) is 1. The molecule has 0 spiro atoms. The van der Waals surface area contributed by atoms with E-state index in [4.69, 9.17) is 16.9 Å². The van der Waals surface area contributed by atoms with Gasteiger partial charge in [-0.05, 0) is 18.2 Å². The number of aromatic nitrogens is 2. The predicted molar refractivity (Wildman–Crippen MR) is 84.5 cm³/mol. The smallest absolute Gasteiger partial charge is 0.132 e. The van der Waals surface area contributed by atoms with E-state index in [1.807, 2.05) is 29.7 Å². The molecule has 0 aliphatic heterocycles. The summed E-state index contributed by atoms with van der Waals surface area (Å²) in [5.74, 6) is 4.77. The summed E-state index contributed by atoms with van der Waals surface area (Å²) in [5, 5.41) is 0. The number of halogens is 1. The van der Waals surface area contributed by atoms with Gasteiger partial charge in [-0.2, -0.15) is 0 Å². The second-order valence-electron chi connectivity index (χ2n) is 4.25. The lowest BCUT2D eigenvalue weighted by Gasteiger charge is -2.08. The van der Waals surface area contributed by atoms with E-state index in [9.17, 15) is 0 Å². The van der Waals surface area contributed by atoms with Gasteiger partial charge in [-0.25, -0.2) is 4.98 Å². The number of hydrogen-bond acceptors (Lipinski definition) is 3. The number of terminal acetylenes is 1. The maximum absolute atomic E-state index is 6.21. The van der Waals surface area contributed by atoms with Crippen molar-refractivity contribution in [3.8, 4) is 29.4 Å². The first-order valence-corrected chi connectivity index (χ1v) is 7.03. The number of rotatable bonds is 4. The van der Waals surface area contributed by atoms with Gasteiger partial charge in [-0.15, -0.1) is 6.42 Å². The Morgan fingerprint density at radius 2 is 2.25 bits per heavy atom. The molecule has 4 nitrogen and oxygen atoms in total. The summed E-state index contributed by atoms with van der Waals surface area (Å²) in [4.78, 5) is 4.61. The van der Waals surface area contributed by atoms with Crippen LogP contribution in [0.25, 0.3) is 11.3 Å². The molecule has 0 aliphatic rings. The Morgan fingerprint density at radius 3 is 2.85 bits per heavy atom. The SMILES string of the molecule is C#CCn1c(CC)nc(-c2cc(Br)ccc2OC)c1N. The fourth-order valence-electron chi connectivity index (χ4n) is 2.11. The lowest BCUT2D eigenvalue weighted by Crippen LogP contribution is -2.05. The molecule has 0 bridgehead atoms. The number of aryl methyl sites for hydroxylation is 1. The van der Waals surface area contributed by atoms with E-state index in [-0.39, 0.29) is 0 Å². The minimum absolute atomic E-state index is 0.415. The molecule has 20 heavy (non-hydrogen) atoms. The van der Waals surface area contributed by atoms with Crippen LogP contribution < -0.4 is 10.5 Å². The second kappa shape index (κ2) is 6.02. The van der Waals surface area contributed by atoms with Gasteiger partial charge in [-0.3, -0.25) is 0 Å². The van der Waals surface area contributed by atoms with Gasteiger partial charge in [0.1, 0.15) is 23.1 Å². The molecule has 0 aliphatic carbocycles. The highest BCUT2D eigenvalue weighted by molar-refractivity contribution is 9.10. The third-order valence-electron chi connectivity index (χ3n) is 3.07. The second-order valence-corrected chi connectivity index (χ2v) is 5.17. The highest BCUT2D eigenvalue weighted by Gasteiger charge is 2.18. The van der Waals surface area contributed by atoms with Crippen molar-refractivity contribution in [1.29, 1.82) is 0 Å². The molecule has 2 aromatic rings. The van der Waals surface area contributed by atoms with Crippen molar-refractivity contribution in [3.05, 3.63) is 28.5 Å². The molecule has 2 rings (SSSR count). The van der Waals surface area contributed by atoms with Crippen LogP contribution >= 0.6 is 15.9 Å². The Balaban J connectivity index is 2.64. The number of imidazole rings is 1. The molecule has 0 saturated carbocycles. The van der Waals surface area contributed by atoms with Crippen LogP contribution in [0.1, 0.15) is 12.7 Å². The summed E-state index contributed by atoms with van der Waals surface area (Å²) in [7, 11) is 1.63. The average molecular weight is 334 g/mol. The average Bonchev–Trinajstić information content (AvgIpc) is 2.76. The molecule has 5 heteroatoms. The van der Waals surface area contributed by atoms with E-state index >= 15 is 0 Å². The zero-order valence-corrected chi connectivity index (χ0v) is 13.1. The number of anilines is 1. The molecule has 0 atom stereocenters. The molecule has 104 valence electrons. The van der Waals surface area contributed by atoms with Crippen LogP contribution in [0.5, 0.6) is 5.75 Å². The topological polar surface area (TPSA) is 53.1 Å². The van der Waals surface area contributed by atoms with E-state index in [1.54, 1.807) is 7.11 Å². The maximum atomic E-state index is 6.21. The maximum Gasteiger partial charge on any atom is 0.132 e. The monoisotopic (exact) mass is 333 g/mol. The summed E-state index contributed by atoms with van der Waals surface area (Å²) >= 11 is 3.46. The van der Waals surface area contributed by atoms with Crippen molar-refractivity contribution < 1.29 is 4.74 Å². The summed E-state index contributed by atoms with van der Waals surface area (Å²) in [6, 6.07) is 5.74. The molecule has 1 heterocycles. The number of methoxy groups -OCH3 is 1. The number of hydrogen-bond donors (Lipinski definition) is 1. The first-order chi connectivity index (χ1) is 9.62. The van der Waals surface area contributed by atoms with Crippen molar-refractivity contribution in [2.24, 2.45) is 0 Å². The van der Waals surface area contributed by atoms with Crippen LogP contribution in [0.2, 0.25) is 0 Å². The molecule has 1 aromatic carbocycles. The molecule has 0 unspecified atom stereocenters. The third-order valence-corrected chi connectivity index (χ3v) is 3.56. The fourth-order valence-corrected chi connectivity index (χ4v) is 2.48. The summed E-state index contributed by atoms with van der Waals surface area (Å²) in [6.07, 6.45) is 6.16. The lowest BCUT2D eigenvalue weighted by atomic mass is 10.1.